The number of carbonyl (C=O) groups is 1. The Morgan fingerprint density at radius 1 is 0.672 bits per heavy atom. The van der Waals surface area contributed by atoms with Crippen LogP contribution < -0.4 is 29.6 Å². The van der Waals surface area contributed by atoms with E-state index in [2.05, 4.69) is 15.8 Å². The molecule has 0 aliphatic carbocycles. The van der Waals surface area contributed by atoms with E-state index in [0.717, 1.165) is 50.5 Å². The van der Waals surface area contributed by atoms with Crippen molar-refractivity contribution in [2.45, 2.75) is 77.5 Å². The molecule has 0 saturated heterocycles. The summed E-state index contributed by atoms with van der Waals surface area (Å²) in [4.78, 5) is 12.7. The van der Waals surface area contributed by atoms with Gasteiger partial charge in [-0.1, -0.05) is 54.9 Å². The first-order valence-electron chi connectivity index (χ1n) is 19.4. The SMILES string of the molecule is COc1cc(-c2cc(-c3cc(CO)c(CO)c(CO)c3)no2)cc(OC)c1OCCCCCCCCCOc1ccc(C2NC(=O)c3cc(Cl)ccc3N2)cc1CO. The zero-order valence-corrected chi connectivity index (χ0v) is 33.4. The fraction of sp³-hybridized carbons (Fsp3) is 0.364. The average Bonchev–Trinajstić information content (AvgIpc) is 3.75. The zero-order chi connectivity index (χ0) is 41.0. The molecule has 0 saturated carbocycles. The summed E-state index contributed by atoms with van der Waals surface area (Å²) in [6.07, 6.45) is 6.62. The number of aliphatic hydroxyl groups is 4. The highest BCUT2D eigenvalue weighted by Crippen LogP contribution is 2.42. The van der Waals surface area contributed by atoms with Gasteiger partial charge in [-0.3, -0.25) is 4.79 Å². The van der Waals surface area contributed by atoms with E-state index >= 15 is 0 Å². The van der Waals surface area contributed by atoms with Gasteiger partial charge in [0.05, 0.1) is 59.4 Å². The van der Waals surface area contributed by atoms with Gasteiger partial charge in [0.2, 0.25) is 5.75 Å². The normalized spacial score (nSPS) is 13.4. The monoisotopic (exact) mass is 815 g/mol. The van der Waals surface area contributed by atoms with Gasteiger partial charge in [-0.2, -0.15) is 0 Å². The molecule has 1 aliphatic heterocycles. The molecule has 0 fully saturated rings. The van der Waals surface area contributed by atoms with Gasteiger partial charge in [0.15, 0.2) is 17.3 Å². The third-order valence-corrected chi connectivity index (χ3v) is 10.4. The van der Waals surface area contributed by atoms with Gasteiger partial charge in [-0.25, -0.2) is 0 Å². The van der Waals surface area contributed by atoms with Crippen molar-refractivity contribution >= 4 is 23.2 Å². The number of anilines is 1. The molecule has 4 aromatic carbocycles. The van der Waals surface area contributed by atoms with E-state index in [1.54, 1.807) is 62.8 Å². The van der Waals surface area contributed by atoms with Crippen LogP contribution in [0.1, 0.15) is 89.3 Å². The fourth-order valence-electron chi connectivity index (χ4n) is 7.03. The molecule has 1 amide bonds. The van der Waals surface area contributed by atoms with Crippen LogP contribution in [0.2, 0.25) is 5.02 Å². The van der Waals surface area contributed by atoms with Crippen LogP contribution in [-0.4, -0.2) is 58.9 Å². The van der Waals surface area contributed by atoms with E-state index in [-0.39, 0.29) is 32.3 Å². The largest absolute Gasteiger partial charge is 0.493 e. The van der Waals surface area contributed by atoms with Crippen molar-refractivity contribution in [3.63, 3.8) is 0 Å². The van der Waals surface area contributed by atoms with Crippen molar-refractivity contribution < 1.29 is 48.7 Å². The van der Waals surface area contributed by atoms with Crippen LogP contribution >= 0.6 is 11.6 Å². The van der Waals surface area contributed by atoms with Crippen LogP contribution in [-0.2, 0) is 26.4 Å². The van der Waals surface area contributed by atoms with Gasteiger partial charge >= 0.3 is 0 Å². The minimum absolute atomic E-state index is 0.181. The Kier molecular flexibility index (Phi) is 14.9. The molecule has 6 N–H and O–H groups in total. The summed E-state index contributed by atoms with van der Waals surface area (Å²) < 4.78 is 29.2. The third-order valence-electron chi connectivity index (χ3n) is 10.2. The minimum atomic E-state index is -0.443. The number of aromatic nitrogens is 1. The van der Waals surface area contributed by atoms with E-state index in [0.29, 0.717) is 97.3 Å². The standard InChI is InChI=1S/C44H50ClN3O10/c1-54-40-19-29(39-22-37(48-58-39)28-17-30(23-49)35(26-52)31(18-28)24-50)20-41(55-2)42(40)57-15-9-7-5-3-4-6-8-14-56-38-13-10-27(16-32(38)25-51)43-46-36-12-11-33(45)21-34(36)44(53)47-43/h10-13,16-22,43,46,49-52H,3-9,14-15,23-26H2,1-2H3,(H,47,53). The van der Waals surface area contributed by atoms with Crippen molar-refractivity contribution in [2.24, 2.45) is 0 Å². The molecule has 1 atom stereocenters. The molecule has 13 nitrogen and oxygen atoms in total. The zero-order valence-electron chi connectivity index (χ0n) is 32.7. The van der Waals surface area contributed by atoms with Crippen molar-refractivity contribution in [1.82, 2.24) is 10.5 Å². The Bertz CT molecular complexity index is 2120. The number of halogens is 1. The number of fused-ring (bicyclic) bond motifs is 1. The van der Waals surface area contributed by atoms with E-state index in [9.17, 15) is 25.2 Å². The summed E-state index contributed by atoms with van der Waals surface area (Å²) >= 11 is 6.05. The van der Waals surface area contributed by atoms with Crippen LogP contribution in [0.15, 0.2) is 71.3 Å². The number of methoxy groups -OCH3 is 2. The third kappa shape index (κ3) is 10.0. The maximum Gasteiger partial charge on any atom is 0.255 e. The van der Waals surface area contributed by atoms with Gasteiger partial charge in [-0.05, 0) is 89.7 Å². The van der Waals surface area contributed by atoms with E-state index in [1.165, 1.54) is 0 Å². The quantitative estimate of drug-likeness (QED) is 0.0398. The first-order chi connectivity index (χ1) is 28.3. The molecule has 1 aliphatic rings. The van der Waals surface area contributed by atoms with Gasteiger partial charge in [-0.15, -0.1) is 0 Å². The Labute approximate surface area is 342 Å². The average molecular weight is 816 g/mol. The van der Waals surface area contributed by atoms with Crippen LogP contribution in [0.5, 0.6) is 23.0 Å². The molecule has 1 aromatic heterocycles. The van der Waals surface area contributed by atoms with Crippen molar-refractivity contribution in [3.05, 3.63) is 105 Å². The lowest BCUT2D eigenvalue weighted by Crippen LogP contribution is -2.38. The second-order valence-electron chi connectivity index (χ2n) is 14.0. The summed E-state index contributed by atoms with van der Waals surface area (Å²) in [5, 5.41) is 50.4. The molecule has 5 aromatic rings. The van der Waals surface area contributed by atoms with Crippen LogP contribution in [0.4, 0.5) is 5.69 Å². The number of benzene rings is 4. The second kappa shape index (κ2) is 20.4. The van der Waals surface area contributed by atoms with Crippen LogP contribution in [0.25, 0.3) is 22.6 Å². The number of nitrogens with one attached hydrogen (secondary N) is 2. The lowest BCUT2D eigenvalue weighted by atomic mass is 9.97. The molecule has 0 radical (unpaired) electrons. The smallest absolute Gasteiger partial charge is 0.255 e. The Hall–Kier alpha value is -5.31. The number of hydrogen-bond donors (Lipinski definition) is 6. The maximum atomic E-state index is 12.7. The fourth-order valence-corrected chi connectivity index (χ4v) is 7.20. The number of aliphatic hydroxyl groups excluding tert-OH is 4. The summed E-state index contributed by atoms with van der Waals surface area (Å²) in [6.45, 7) is -0.0294. The second-order valence-corrected chi connectivity index (χ2v) is 14.4. The molecule has 58 heavy (non-hydrogen) atoms. The molecule has 6 rings (SSSR count). The molecule has 308 valence electrons. The van der Waals surface area contributed by atoms with Gasteiger partial charge in [0.1, 0.15) is 17.6 Å². The molecule has 1 unspecified atom stereocenters. The lowest BCUT2D eigenvalue weighted by molar-refractivity contribution is 0.0935. The first kappa shape index (κ1) is 42.3. The molecule has 0 spiro atoms. The summed E-state index contributed by atoms with van der Waals surface area (Å²) in [5.41, 5.74) is 5.96. The Balaban J connectivity index is 0.916. The van der Waals surface area contributed by atoms with Gasteiger partial charge in [0.25, 0.3) is 5.91 Å². The summed E-state index contributed by atoms with van der Waals surface area (Å²) in [5.74, 6) is 2.35. The number of carbonyl (C=O) groups excluding carboxylic acids is 1. The van der Waals surface area contributed by atoms with Crippen molar-refractivity contribution in [2.75, 3.05) is 32.8 Å². The molecule has 2 heterocycles. The minimum Gasteiger partial charge on any atom is -0.493 e. The van der Waals surface area contributed by atoms with Gasteiger partial charge < -0.3 is 54.5 Å². The predicted molar refractivity (Wildman–Crippen MR) is 219 cm³/mol. The predicted octanol–water partition coefficient (Wildman–Crippen LogP) is 7.69. The van der Waals surface area contributed by atoms with Crippen LogP contribution in [0.3, 0.4) is 0 Å². The Morgan fingerprint density at radius 3 is 1.93 bits per heavy atom. The highest BCUT2D eigenvalue weighted by molar-refractivity contribution is 6.31. The number of nitrogens with zero attached hydrogens (tertiary/aromatic N) is 1. The van der Waals surface area contributed by atoms with E-state index in [1.807, 2.05) is 18.2 Å². The Morgan fingerprint density at radius 2 is 1.31 bits per heavy atom. The van der Waals surface area contributed by atoms with Crippen molar-refractivity contribution in [1.29, 1.82) is 0 Å². The lowest BCUT2D eigenvalue weighted by Gasteiger charge is -2.28. The molecule has 14 heteroatoms. The maximum absolute atomic E-state index is 12.7. The molecular formula is C44H50ClN3O10. The van der Waals surface area contributed by atoms with Crippen LogP contribution in [0, 0.1) is 0 Å². The first-order valence-corrected chi connectivity index (χ1v) is 19.7. The van der Waals surface area contributed by atoms with E-state index in [4.69, 9.17) is 35.1 Å². The number of amides is 1. The van der Waals surface area contributed by atoms with Gasteiger partial charge in [0, 0.05) is 33.5 Å². The number of hydrogen-bond acceptors (Lipinski definition) is 12. The summed E-state index contributed by atoms with van der Waals surface area (Å²) in [7, 11) is 3.13. The topological polar surface area (TPSA) is 185 Å². The number of ether oxygens (including phenoxy) is 4. The van der Waals surface area contributed by atoms with E-state index < -0.39 is 6.17 Å². The number of unbranched alkanes of at least 4 members (excludes halogenated alkanes) is 6. The summed E-state index contributed by atoms with van der Waals surface area (Å²) in [6, 6.07) is 19.5. The highest BCUT2D eigenvalue weighted by Gasteiger charge is 2.26. The van der Waals surface area contributed by atoms with Crippen molar-refractivity contribution in [3.8, 4) is 45.6 Å². The molecular weight excluding hydrogens is 766 g/mol. The molecule has 0 bridgehead atoms. The number of rotatable bonds is 21. The highest BCUT2D eigenvalue weighted by atomic mass is 35.5.